The number of fused-ring (bicyclic) bond motifs is 1. The lowest BCUT2D eigenvalue weighted by atomic mass is 10.2. The zero-order chi connectivity index (χ0) is 14.3. The van der Waals surface area contributed by atoms with Crippen molar-refractivity contribution in [3.63, 3.8) is 0 Å². The normalized spacial score (nSPS) is 21.9. The number of aromatic nitrogens is 1. The van der Waals surface area contributed by atoms with Crippen molar-refractivity contribution in [3.05, 3.63) is 23.9 Å². The van der Waals surface area contributed by atoms with Crippen LogP contribution in [0.4, 0.5) is 0 Å². The Kier molecular flexibility index (Phi) is 3.23. The van der Waals surface area contributed by atoms with Gasteiger partial charge in [0.2, 0.25) is 0 Å². The van der Waals surface area contributed by atoms with E-state index in [0.29, 0.717) is 10.3 Å². The average molecular weight is 297 g/mol. The van der Waals surface area contributed by atoms with Gasteiger partial charge >= 0.3 is 0 Å². The number of hydrogen-bond donors (Lipinski definition) is 2. The largest absolute Gasteiger partial charge is 0.390 e. The molecule has 1 unspecified atom stereocenters. The number of nitrogens with zero attached hydrogens (tertiary/aromatic N) is 2. The van der Waals surface area contributed by atoms with Gasteiger partial charge in [-0.3, -0.25) is 4.79 Å². The first-order valence-electron chi connectivity index (χ1n) is 6.43. The van der Waals surface area contributed by atoms with Gasteiger partial charge in [0.15, 0.2) is 5.03 Å². The first-order valence-corrected chi connectivity index (χ1v) is 7.87. The minimum absolute atomic E-state index is 0.0647. The number of nitrogens with one attached hydrogen (secondary N) is 1. The van der Waals surface area contributed by atoms with Crippen LogP contribution in [-0.4, -0.2) is 54.0 Å². The molecule has 1 aromatic rings. The summed E-state index contributed by atoms with van der Waals surface area (Å²) in [6.07, 6.45) is 2.55. The molecule has 7 nitrogen and oxygen atoms in total. The molecule has 3 rings (SSSR count). The van der Waals surface area contributed by atoms with Crippen molar-refractivity contribution in [2.75, 3.05) is 13.1 Å². The summed E-state index contributed by atoms with van der Waals surface area (Å²) in [4.78, 5) is 15.8. The van der Waals surface area contributed by atoms with Gasteiger partial charge in [-0.15, -0.1) is 0 Å². The molecule has 0 radical (unpaired) electrons. The van der Waals surface area contributed by atoms with Gasteiger partial charge in [0.05, 0.1) is 18.2 Å². The van der Waals surface area contributed by atoms with Crippen LogP contribution in [0.5, 0.6) is 0 Å². The molecular formula is C12H15N3O4S. The number of carbonyl (C=O) groups excluding carboxylic acids is 1. The van der Waals surface area contributed by atoms with Crippen molar-refractivity contribution in [2.45, 2.75) is 30.0 Å². The van der Waals surface area contributed by atoms with Crippen LogP contribution in [0.25, 0.3) is 0 Å². The molecular weight excluding hydrogens is 282 g/mol. The second-order valence-corrected chi connectivity index (χ2v) is 6.81. The Balaban J connectivity index is 1.75. The molecule has 2 heterocycles. The van der Waals surface area contributed by atoms with Crippen molar-refractivity contribution >= 4 is 15.9 Å². The highest BCUT2D eigenvalue weighted by Gasteiger charge is 2.43. The number of hydrogen-bond acceptors (Lipinski definition) is 6. The third-order valence-electron chi connectivity index (χ3n) is 3.36. The molecule has 20 heavy (non-hydrogen) atoms. The monoisotopic (exact) mass is 297 g/mol. The summed E-state index contributed by atoms with van der Waals surface area (Å²) in [5, 5.41) is 12.7. The number of aliphatic hydroxyl groups is 1. The Labute approximate surface area is 116 Å². The Bertz CT molecular complexity index is 642. The highest BCUT2D eigenvalue weighted by Crippen LogP contribution is 2.28. The molecule has 8 heteroatoms. The van der Waals surface area contributed by atoms with Gasteiger partial charge in [0.25, 0.3) is 15.9 Å². The van der Waals surface area contributed by atoms with E-state index in [4.69, 9.17) is 0 Å². The number of carbonyl (C=O) groups is 1. The maximum Gasteiger partial charge on any atom is 0.285 e. The Morgan fingerprint density at radius 3 is 2.90 bits per heavy atom. The lowest BCUT2D eigenvalue weighted by Crippen LogP contribution is -2.41. The van der Waals surface area contributed by atoms with Gasteiger partial charge in [-0.2, -0.15) is 8.42 Å². The van der Waals surface area contributed by atoms with E-state index in [0.717, 1.165) is 12.8 Å². The van der Waals surface area contributed by atoms with Crippen LogP contribution in [0, 0.1) is 0 Å². The van der Waals surface area contributed by atoms with Crippen LogP contribution in [0.2, 0.25) is 0 Å². The number of amides is 1. The van der Waals surface area contributed by atoms with Gasteiger partial charge in [0, 0.05) is 18.8 Å². The van der Waals surface area contributed by atoms with E-state index >= 15 is 0 Å². The summed E-state index contributed by atoms with van der Waals surface area (Å²) in [7, 11) is -3.93. The molecule has 2 N–H and O–H groups in total. The van der Waals surface area contributed by atoms with Crippen molar-refractivity contribution in [1.29, 1.82) is 0 Å². The number of rotatable bonds is 5. The molecule has 1 aromatic heterocycles. The summed E-state index contributed by atoms with van der Waals surface area (Å²) in [5.74, 6) is -0.626. The van der Waals surface area contributed by atoms with Crippen LogP contribution in [0.3, 0.4) is 0 Å². The smallest absolute Gasteiger partial charge is 0.285 e. The lowest BCUT2D eigenvalue weighted by Gasteiger charge is -2.19. The minimum Gasteiger partial charge on any atom is -0.390 e. The molecule has 108 valence electrons. The first-order chi connectivity index (χ1) is 9.50. The maximum absolute atomic E-state index is 12.2. The third-order valence-corrected chi connectivity index (χ3v) is 5.07. The fourth-order valence-electron chi connectivity index (χ4n) is 2.13. The first kappa shape index (κ1) is 13.5. The fourth-order valence-corrected chi connectivity index (χ4v) is 3.66. The molecule has 1 atom stereocenters. The highest BCUT2D eigenvalue weighted by atomic mass is 32.2. The Hall–Kier alpha value is -1.51. The van der Waals surface area contributed by atoms with Crippen LogP contribution in [0.15, 0.2) is 23.4 Å². The summed E-state index contributed by atoms with van der Waals surface area (Å²) in [6.45, 7) is 0.0188. The van der Waals surface area contributed by atoms with Crippen molar-refractivity contribution in [1.82, 2.24) is 14.6 Å². The van der Waals surface area contributed by atoms with Gasteiger partial charge in [-0.1, -0.05) is 0 Å². The quantitative estimate of drug-likeness (QED) is 0.748. The molecule has 1 aliphatic carbocycles. The van der Waals surface area contributed by atoms with Crippen molar-refractivity contribution in [3.8, 4) is 0 Å². The molecule has 1 fully saturated rings. The number of β-amino-alcohol motifs (C(OH)–C–C–N with tert-alkyl or cyclic N) is 1. The highest BCUT2D eigenvalue weighted by molar-refractivity contribution is 7.90. The molecule has 2 aliphatic rings. The number of pyridine rings is 1. The Morgan fingerprint density at radius 2 is 2.25 bits per heavy atom. The van der Waals surface area contributed by atoms with Crippen LogP contribution >= 0.6 is 0 Å². The van der Waals surface area contributed by atoms with E-state index < -0.39 is 22.0 Å². The summed E-state index contributed by atoms with van der Waals surface area (Å²) in [6, 6.07) is 3.35. The summed E-state index contributed by atoms with van der Waals surface area (Å²) in [5.41, 5.74) is 0.0647. The second kappa shape index (κ2) is 4.80. The van der Waals surface area contributed by atoms with Crippen LogP contribution in [0.1, 0.15) is 23.2 Å². The standard InChI is InChI=1S/C12H15N3O4S/c16-9(6-14-8-3-4-8)7-15-12(17)10-2-1-5-13-11(10)20(15,18)19/h1-2,5,8-9,14,16H,3-4,6-7H2. The summed E-state index contributed by atoms with van der Waals surface area (Å²) >= 11 is 0. The predicted octanol–water partition coefficient (Wildman–Crippen LogP) is -0.661. The Morgan fingerprint density at radius 1 is 1.50 bits per heavy atom. The lowest BCUT2D eigenvalue weighted by molar-refractivity contribution is 0.0792. The third kappa shape index (κ3) is 2.30. The van der Waals surface area contributed by atoms with Crippen molar-refractivity contribution in [2.24, 2.45) is 0 Å². The van der Waals surface area contributed by atoms with Crippen LogP contribution in [-0.2, 0) is 10.0 Å². The van der Waals surface area contributed by atoms with E-state index in [-0.39, 0.29) is 23.7 Å². The fraction of sp³-hybridized carbons (Fsp3) is 0.500. The molecule has 1 amide bonds. The van der Waals surface area contributed by atoms with Gasteiger partial charge in [-0.25, -0.2) is 9.29 Å². The van der Waals surface area contributed by atoms with Crippen molar-refractivity contribution < 1.29 is 18.3 Å². The molecule has 0 bridgehead atoms. The molecule has 0 spiro atoms. The zero-order valence-electron chi connectivity index (χ0n) is 10.7. The van der Waals surface area contributed by atoms with Gasteiger partial charge < -0.3 is 10.4 Å². The maximum atomic E-state index is 12.2. The van der Waals surface area contributed by atoms with Gasteiger partial charge in [-0.05, 0) is 25.0 Å². The minimum atomic E-state index is -3.93. The predicted molar refractivity (Wildman–Crippen MR) is 69.5 cm³/mol. The molecule has 0 aromatic carbocycles. The van der Waals surface area contributed by atoms with E-state index in [1.165, 1.54) is 18.3 Å². The number of sulfonamides is 1. The van der Waals surface area contributed by atoms with E-state index in [1.807, 2.05) is 0 Å². The van der Waals surface area contributed by atoms with Gasteiger partial charge in [0.1, 0.15) is 0 Å². The average Bonchev–Trinajstić information content (AvgIpc) is 3.23. The topological polar surface area (TPSA) is 99.6 Å². The molecule has 0 saturated heterocycles. The SMILES string of the molecule is O=C1c2cccnc2S(=O)(=O)N1CC(O)CNC1CC1. The number of aliphatic hydroxyl groups excluding tert-OH is 1. The second-order valence-electron chi connectivity index (χ2n) is 5.03. The molecule has 1 aliphatic heterocycles. The molecule has 1 saturated carbocycles. The van der Waals surface area contributed by atoms with E-state index in [9.17, 15) is 18.3 Å². The zero-order valence-corrected chi connectivity index (χ0v) is 11.5. The summed E-state index contributed by atoms with van der Waals surface area (Å²) < 4.78 is 25.1. The van der Waals surface area contributed by atoms with Crippen LogP contribution < -0.4 is 5.32 Å². The van der Waals surface area contributed by atoms with E-state index in [2.05, 4.69) is 10.3 Å². The van der Waals surface area contributed by atoms with E-state index in [1.54, 1.807) is 0 Å².